The third kappa shape index (κ3) is 2.45. The number of anilines is 1. The molecular formula is C10H8Br3NO. The summed E-state index contributed by atoms with van der Waals surface area (Å²) >= 11 is 10.3. The average Bonchev–Trinajstić information content (AvgIpc) is 2.50. The number of halogens is 3. The molecular weight excluding hydrogens is 390 g/mol. The van der Waals surface area contributed by atoms with E-state index in [1.54, 1.807) is 4.90 Å². The molecule has 0 saturated carbocycles. The van der Waals surface area contributed by atoms with Crippen molar-refractivity contribution in [3.63, 3.8) is 0 Å². The Balaban J connectivity index is 2.37. The number of rotatable bonds is 1. The summed E-state index contributed by atoms with van der Waals surface area (Å²) < 4.78 is 1.92. The van der Waals surface area contributed by atoms with E-state index < -0.39 is 0 Å². The average molecular weight is 398 g/mol. The third-order valence-electron chi connectivity index (χ3n) is 2.28. The van der Waals surface area contributed by atoms with Crippen LogP contribution in [0.4, 0.5) is 5.69 Å². The number of hydrogen-bond donors (Lipinski definition) is 0. The van der Waals surface area contributed by atoms with Crippen LogP contribution in [0.25, 0.3) is 0 Å². The highest BCUT2D eigenvalue weighted by atomic mass is 79.9. The monoisotopic (exact) mass is 395 g/mol. The number of alkyl halides is 1. The van der Waals surface area contributed by atoms with Gasteiger partial charge in [0.2, 0.25) is 5.91 Å². The minimum absolute atomic E-state index is 0.163. The molecule has 1 amide bonds. The molecule has 1 aromatic carbocycles. The second kappa shape index (κ2) is 4.55. The molecule has 0 spiro atoms. The summed E-state index contributed by atoms with van der Waals surface area (Å²) in [6, 6.07) is 5.83. The van der Waals surface area contributed by atoms with E-state index in [-0.39, 0.29) is 10.7 Å². The Hall–Kier alpha value is 0.130. The van der Waals surface area contributed by atoms with Gasteiger partial charge in [0.1, 0.15) is 0 Å². The Labute approximate surface area is 113 Å². The zero-order valence-electron chi connectivity index (χ0n) is 7.71. The predicted octanol–water partition coefficient (Wildman–Crippen LogP) is 3.71. The molecule has 0 N–H and O–H groups in total. The van der Waals surface area contributed by atoms with Crippen molar-refractivity contribution in [3.05, 3.63) is 27.1 Å². The first-order valence-corrected chi connectivity index (χ1v) is 6.97. The zero-order chi connectivity index (χ0) is 11.0. The fourth-order valence-corrected chi connectivity index (χ4v) is 2.97. The van der Waals surface area contributed by atoms with Gasteiger partial charge in [-0.05, 0) is 34.1 Å². The van der Waals surface area contributed by atoms with Crippen LogP contribution >= 0.6 is 47.8 Å². The maximum atomic E-state index is 11.7. The zero-order valence-corrected chi connectivity index (χ0v) is 12.5. The van der Waals surface area contributed by atoms with Crippen LogP contribution in [0.3, 0.4) is 0 Å². The van der Waals surface area contributed by atoms with Gasteiger partial charge in [-0.25, -0.2) is 0 Å². The van der Waals surface area contributed by atoms with E-state index in [2.05, 4.69) is 47.8 Å². The van der Waals surface area contributed by atoms with E-state index >= 15 is 0 Å². The summed E-state index contributed by atoms with van der Waals surface area (Å²) in [6.45, 7) is 0.730. The van der Waals surface area contributed by atoms with E-state index in [9.17, 15) is 4.79 Å². The van der Waals surface area contributed by atoms with Crippen molar-refractivity contribution >= 4 is 59.4 Å². The number of carbonyl (C=O) groups excluding carboxylic acids is 1. The minimum atomic E-state index is 0.163. The maximum absolute atomic E-state index is 11.7. The predicted molar refractivity (Wildman–Crippen MR) is 71.5 cm³/mol. The van der Waals surface area contributed by atoms with Crippen LogP contribution in [-0.2, 0) is 4.79 Å². The summed E-state index contributed by atoms with van der Waals surface area (Å²) in [5.74, 6) is 0.163. The molecule has 80 valence electrons. The molecule has 1 heterocycles. The second-order valence-corrected chi connectivity index (χ2v) is 6.47. The highest BCUT2D eigenvalue weighted by Gasteiger charge is 2.29. The van der Waals surface area contributed by atoms with Gasteiger partial charge >= 0.3 is 0 Å². The number of hydrogen-bond acceptors (Lipinski definition) is 1. The van der Waals surface area contributed by atoms with E-state index in [0.717, 1.165) is 21.2 Å². The molecule has 1 fully saturated rings. The van der Waals surface area contributed by atoms with Gasteiger partial charge in [0.05, 0.1) is 5.69 Å². The normalized spacial score (nSPS) is 21.1. The van der Waals surface area contributed by atoms with Gasteiger partial charge in [0, 0.05) is 26.7 Å². The molecule has 0 bridgehead atoms. The van der Waals surface area contributed by atoms with Crippen LogP contribution in [0, 0.1) is 0 Å². The lowest BCUT2D eigenvalue weighted by Gasteiger charge is -2.17. The number of nitrogens with zero attached hydrogens (tertiary/aromatic N) is 1. The first kappa shape index (κ1) is 11.6. The SMILES string of the molecule is O=C1CC(Br)CN1c1cc(Br)ccc1Br. The van der Waals surface area contributed by atoms with Crippen molar-refractivity contribution < 1.29 is 4.79 Å². The van der Waals surface area contributed by atoms with Gasteiger partial charge in [0.15, 0.2) is 0 Å². The van der Waals surface area contributed by atoms with Crippen LogP contribution in [-0.4, -0.2) is 17.3 Å². The molecule has 2 rings (SSSR count). The van der Waals surface area contributed by atoms with Crippen LogP contribution < -0.4 is 4.90 Å². The molecule has 15 heavy (non-hydrogen) atoms. The summed E-state index contributed by atoms with van der Waals surface area (Å²) in [6.07, 6.45) is 0.568. The Morgan fingerprint density at radius 2 is 2.07 bits per heavy atom. The molecule has 1 saturated heterocycles. The first-order chi connectivity index (χ1) is 7.08. The molecule has 1 aromatic rings. The molecule has 5 heteroatoms. The fourth-order valence-electron chi connectivity index (χ4n) is 1.59. The Morgan fingerprint density at radius 1 is 1.33 bits per heavy atom. The van der Waals surface area contributed by atoms with Crippen LogP contribution in [0.15, 0.2) is 27.1 Å². The Morgan fingerprint density at radius 3 is 2.67 bits per heavy atom. The van der Waals surface area contributed by atoms with Crippen LogP contribution in [0.1, 0.15) is 6.42 Å². The molecule has 1 unspecified atom stereocenters. The van der Waals surface area contributed by atoms with E-state index in [4.69, 9.17) is 0 Å². The Kier molecular flexibility index (Phi) is 3.52. The van der Waals surface area contributed by atoms with Crippen molar-refractivity contribution in [3.8, 4) is 0 Å². The molecule has 2 nitrogen and oxygen atoms in total. The number of benzene rings is 1. The van der Waals surface area contributed by atoms with Crippen molar-refractivity contribution in [1.82, 2.24) is 0 Å². The summed E-state index contributed by atoms with van der Waals surface area (Å²) in [4.78, 5) is 13.8. The van der Waals surface area contributed by atoms with Crippen molar-refractivity contribution in [1.29, 1.82) is 0 Å². The molecule has 1 atom stereocenters. The van der Waals surface area contributed by atoms with Crippen molar-refractivity contribution in [2.45, 2.75) is 11.2 Å². The van der Waals surface area contributed by atoms with E-state index in [1.165, 1.54) is 0 Å². The second-order valence-electron chi connectivity index (χ2n) is 3.40. The quantitative estimate of drug-likeness (QED) is 0.661. The summed E-state index contributed by atoms with van der Waals surface area (Å²) in [7, 11) is 0. The Bertz CT molecular complexity index is 408. The smallest absolute Gasteiger partial charge is 0.228 e. The lowest BCUT2D eigenvalue weighted by atomic mass is 10.3. The van der Waals surface area contributed by atoms with Gasteiger partial charge in [-0.15, -0.1) is 0 Å². The molecule has 0 radical (unpaired) electrons. The van der Waals surface area contributed by atoms with Gasteiger partial charge in [0.25, 0.3) is 0 Å². The maximum Gasteiger partial charge on any atom is 0.228 e. The van der Waals surface area contributed by atoms with Crippen molar-refractivity contribution in [2.75, 3.05) is 11.4 Å². The summed E-state index contributed by atoms with van der Waals surface area (Å²) in [5.41, 5.74) is 0.927. The van der Waals surface area contributed by atoms with Gasteiger partial charge in [-0.2, -0.15) is 0 Å². The molecule has 0 aliphatic carbocycles. The van der Waals surface area contributed by atoms with Gasteiger partial charge < -0.3 is 4.90 Å². The third-order valence-corrected chi connectivity index (χ3v) is 4.05. The highest BCUT2D eigenvalue weighted by molar-refractivity contribution is 9.11. The van der Waals surface area contributed by atoms with E-state index in [0.29, 0.717) is 6.42 Å². The van der Waals surface area contributed by atoms with Crippen LogP contribution in [0.5, 0.6) is 0 Å². The lowest BCUT2D eigenvalue weighted by Crippen LogP contribution is -2.24. The standard InChI is InChI=1S/C10H8Br3NO/c11-6-1-2-8(13)9(3-6)14-5-7(12)4-10(14)15/h1-3,7H,4-5H2. The largest absolute Gasteiger partial charge is 0.310 e. The van der Waals surface area contributed by atoms with Crippen molar-refractivity contribution in [2.24, 2.45) is 0 Å². The number of amides is 1. The minimum Gasteiger partial charge on any atom is -0.310 e. The first-order valence-electron chi connectivity index (χ1n) is 4.47. The topological polar surface area (TPSA) is 20.3 Å². The van der Waals surface area contributed by atoms with Gasteiger partial charge in [-0.1, -0.05) is 31.9 Å². The molecule has 1 aliphatic heterocycles. The molecule has 0 aromatic heterocycles. The lowest BCUT2D eigenvalue weighted by molar-refractivity contribution is -0.117. The van der Waals surface area contributed by atoms with Gasteiger partial charge in [-0.3, -0.25) is 4.79 Å². The summed E-state index contributed by atoms with van der Waals surface area (Å²) in [5, 5.41) is 0. The molecule has 1 aliphatic rings. The fraction of sp³-hybridized carbons (Fsp3) is 0.300. The number of carbonyl (C=O) groups is 1. The van der Waals surface area contributed by atoms with Crippen LogP contribution in [0.2, 0.25) is 0 Å². The van der Waals surface area contributed by atoms with E-state index in [1.807, 2.05) is 18.2 Å². The highest BCUT2D eigenvalue weighted by Crippen LogP contribution is 2.33.